The van der Waals surface area contributed by atoms with Crippen LogP contribution in [0.1, 0.15) is 187 Å². The van der Waals surface area contributed by atoms with Crippen LogP contribution < -0.4 is 4.99 Å². The van der Waals surface area contributed by atoms with Crippen LogP contribution >= 0.6 is 0 Å². The lowest BCUT2D eigenvalue weighted by molar-refractivity contribution is -0.469. The maximum atomic E-state index is 12.1. The smallest absolute Gasteiger partial charge is 0.332 e. The first kappa shape index (κ1) is 37.9. The van der Waals surface area contributed by atoms with Crippen LogP contribution in [0.4, 0.5) is 0 Å². The van der Waals surface area contributed by atoms with E-state index in [2.05, 4.69) is 18.8 Å². The zero-order valence-electron chi connectivity index (χ0n) is 26.7. The highest BCUT2D eigenvalue weighted by Gasteiger charge is 2.08. The van der Waals surface area contributed by atoms with Crippen molar-refractivity contribution in [2.45, 2.75) is 187 Å². The third-order valence-electron chi connectivity index (χ3n) is 7.74. The van der Waals surface area contributed by atoms with Crippen molar-refractivity contribution in [3.05, 3.63) is 0 Å². The summed E-state index contributed by atoms with van der Waals surface area (Å²) >= 11 is 0. The summed E-state index contributed by atoms with van der Waals surface area (Å²) in [5, 5.41) is 11.7. The minimum absolute atomic E-state index is 0.126. The molecule has 0 amide bonds. The Hall–Kier alpha value is -1.10. The average molecular weight is 554 g/mol. The van der Waals surface area contributed by atoms with Crippen LogP contribution in [-0.2, 0) is 9.63 Å². The molecule has 0 aromatic carbocycles. The summed E-state index contributed by atoms with van der Waals surface area (Å²) in [6.07, 6.45) is 33.6. The van der Waals surface area contributed by atoms with E-state index in [0.29, 0.717) is 25.4 Å². The van der Waals surface area contributed by atoms with Crippen molar-refractivity contribution >= 4 is 11.9 Å². The zero-order chi connectivity index (χ0) is 28.7. The van der Waals surface area contributed by atoms with Crippen LogP contribution in [0.25, 0.3) is 0 Å². The number of rotatable bonds is 31. The lowest BCUT2D eigenvalue weighted by Crippen LogP contribution is -2.73. The highest BCUT2D eigenvalue weighted by molar-refractivity contribution is 5.68. The first-order valence-corrected chi connectivity index (χ1v) is 17.3. The number of hydroxylamine groups is 2. The Morgan fingerprint density at radius 2 is 0.923 bits per heavy atom. The van der Waals surface area contributed by atoms with Crippen LogP contribution in [0, 0.1) is 0 Å². The molecular formula is C34H69N2O3+. The lowest BCUT2D eigenvalue weighted by atomic mass is 10.0. The molecule has 0 unspecified atom stereocenters. The molecule has 5 nitrogen and oxygen atoms in total. The van der Waals surface area contributed by atoms with Gasteiger partial charge < -0.3 is 9.94 Å². The Bertz CT molecular complexity index is 539. The third kappa shape index (κ3) is 31.3. The minimum Gasteiger partial charge on any atom is -0.464 e. The molecule has 232 valence electrons. The number of unbranched alkanes of at least 4 members (excludes halogenated alkanes) is 22. The van der Waals surface area contributed by atoms with E-state index in [4.69, 9.17) is 4.84 Å². The third-order valence-corrected chi connectivity index (χ3v) is 7.74. The molecule has 0 aromatic heterocycles. The average Bonchev–Trinajstić information content (AvgIpc) is 2.92. The van der Waals surface area contributed by atoms with Gasteiger partial charge in [0.25, 0.3) is 0 Å². The number of aliphatic hydroxyl groups is 1. The number of nitrogens with one attached hydrogen (secondary N) is 1. The maximum Gasteiger partial charge on any atom is 0.332 e. The fraction of sp³-hybridized carbons (Fsp3) is 0.941. The summed E-state index contributed by atoms with van der Waals surface area (Å²) < 4.78 is 0. The molecule has 0 spiro atoms. The Morgan fingerprint density at radius 1 is 0.564 bits per heavy atom. The second-order valence-corrected chi connectivity index (χ2v) is 11.8. The van der Waals surface area contributed by atoms with Crippen molar-refractivity contribution < 1.29 is 19.7 Å². The summed E-state index contributed by atoms with van der Waals surface area (Å²) in [5.74, 6) is 0.271. The van der Waals surface area contributed by atoms with Crippen LogP contribution in [0.2, 0.25) is 0 Å². The molecule has 0 radical (unpaired) electrons. The number of carbonyl (C=O) groups is 1. The number of hydrogen-bond acceptors (Lipinski definition) is 3. The molecule has 0 bridgehead atoms. The van der Waals surface area contributed by atoms with Gasteiger partial charge in [0.2, 0.25) is 0 Å². The van der Waals surface area contributed by atoms with Crippen molar-refractivity contribution in [3.8, 4) is 0 Å². The molecule has 39 heavy (non-hydrogen) atoms. The second-order valence-electron chi connectivity index (χ2n) is 11.8. The normalized spacial score (nSPS) is 11.9. The van der Waals surface area contributed by atoms with Crippen molar-refractivity contribution in [2.24, 2.45) is 0 Å². The number of hydrogen-bond donors (Lipinski definition) is 2. The molecular weight excluding hydrogens is 484 g/mol. The molecule has 0 saturated heterocycles. The van der Waals surface area contributed by atoms with E-state index in [9.17, 15) is 9.90 Å². The fourth-order valence-corrected chi connectivity index (χ4v) is 5.13. The highest BCUT2D eigenvalue weighted by atomic mass is 16.7. The molecule has 0 heterocycles. The highest BCUT2D eigenvalue weighted by Crippen LogP contribution is 2.14. The largest absolute Gasteiger partial charge is 0.464 e. The molecule has 0 aliphatic rings. The molecule has 0 fully saturated rings. The summed E-state index contributed by atoms with van der Waals surface area (Å²) in [7, 11) is 1.82. The van der Waals surface area contributed by atoms with Crippen molar-refractivity contribution in [1.29, 1.82) is 0 Å². The van der Waals surface area contributed by atoms with Crippen LogP contribution in [0.3, 0.4) is 0 Å². The van der Waals surface area contributed by atoms with Crippen LogP contribution in [-0.4, -0.2) is 42.2 Å². The topological polar surface area (TPSA) is 63.7 Å². The van der Waals surface area contributed by atoms with E-state index in [1.807, 2.05) is 7.05 Å². The molecule has 0 atom stereocenters. The Morgan fingerprint density at radius 3 is 1.33 bits per heavy atom. The van der Waals surface area contributed by atoms with Gasteiger partial charge in [-0.3, -0.25) is 4.79 Å². The quantitative estimate of drug-likeness (QED) is 0.0389. The summed E-state index contributed by atoms with van der Waals surface area (Å²) in [4.78, 5) is 20.6. The van der Waals surface area contributed by atoms with E-state index >= 15 is 0 Å². The van der Waals surface area contributed by atoms with E-state index in [1.54, 1.807) is 5.06 Å². The van der Waals surface area contributed by atoms with Crippen molar-refractivity contribution in [3.63, 3.8) is 0 Å². The Balaban J connectivity index is 3.46. The fourth-order valence-electron chi connectivity index (χ4n) is 5.13. The number of nitrogens with zero attached hydrogens (tertiary/aromatic N) is 1. The first-order chi connectivity index (χ1) is 19.1. The predicted molar refractivity (Wildman–Crippen MR) is 168 cm³/mol. The molecule has 0 rings (SSSR count). The summed E-state index contributed by atoms with van der Waals surface area (Å²) in [6, 6.07) is 0. The van der Waals surface area contributed by atoms with Crippen molar-refractivity contribution in [2.75, 3.05) is 20.1 Å². The standard InChI is InChI=1S/C34H68N2O3/c1-4-6-8-10-12-14-16-17-19-21-23-25-27-30-34(38)39-36(3)32-28-31-35-33(37)29-26-24-22-20-18-15-13-11-9-7-5-2/h4-32H2,1-3H3,(H,35,37)/p+1. The SMILES string of the molecule is CCCCCCCCCCCCCCCC(=O)ON(C)CCC[NH+]=C(O)CCCCCCCCCCCCC. The van der Waals surface area contributed by atoms with Gasteiger partial charge in [-0.25, -0.2) is 4.99 Å². The van der Waals surface area contributed by atoms with E-state index in [0.717, 1.165) is 32.1 Å². The Kier molecular flexibility index (Phi) is 30.5. The van der Waals surface area contributed by atoms with Gasteiger partial charge in [-0.05, 0) is 12.8 Å². The van der Waals surface area contributed by atoms with Gasteiger partial charge in [-0.1, -0.05) is 155 Å². The summed E-state index contributed by atoms with van der Waals surface area (Å²) in [5.41, 5.74) is 0. The monoisotopic (exact) mass is 554 g/mol. The first-order valence-electron chi connectivity index (χ1n) is 17.3. The van der Waals surface area contributed by atoms with Gasteiger partial charge in [0.05, 0.1) is 6.42 Å². The molecule has 5 heteroatoms. The van der Waals surface area contributed by atoms with Gasteiger partial charge >= 0.3 is 11.9 Å². The molecule has 0 aliphatic carbocycles. The molecule has 0 aliphatic heterocycles. The van der Waals surface area contributed by atoms with Gasteiger partial charge in [0.15, 0.2) is 0 Å². The summed E-state index contributed by atoms with van der Waals surface area (Å²) in [6.45, 7) is 5.91. The number of carbonyl (C=O) groups excluding carboxylic acids is 1. The van der Waals surface area contributed by atoms with Gasteiger partial charge in [-0.2, -0.15) is 0 Å². The van der Waals surface area contributed by atoms with Crippen LogP contribution in [0.15, 0.2) is 0 Å². The van der Waals surface area contributed by atoms with E-state index < -0.39 is 0 Å². The van der Waals surface area contributed by atoms with E-state index in [1.165, 1.54) is 135 Å². The molecule has 0 aromatic rings. The second kappa shape index (κ2) is 31.4. The van der Waals surface area contributed by atoms with Gasteiger partial charge in [-0.15, -0.1) is 5.06 Å². The predicted octanol–water partition coefficient (Wildman–Crippen LogP) is 8.99. The minimum atomic E-state index is -0.126. The maximum absolute atomic E-state index is 12.1. The van der Waals surface area contributed by atoms with Crippen LogP contribution in [0.5, 0.6) is 0 Å². The van der Waals surface area contributed by atoms with E-state index in [-0.39, 0.29) is 5.97 Å². The van der Waals surface area contributed by atoms with Gasteiger partial charge in [0.1, 0.15) is 6.54 Å². The number of aliphatic hydroxyl groups excluding tert-OH is 1. The van der Waals surface area contributed by atoms with Gasteiger partial charge in [0, 0.05) is 26.4 Å². The molecule has 0 saturated carbocycles. The lowest BCUT2D eigenvalue weighted by Gasteiger charge is -2.14. The Labute approximate surface area is 243 Å². The zero-order valence-corrected chi connectivity index (χ0v) is 26.7. The van der Waals surface area contributed by atoms with Crippen molar-refractivity contribution in [1.82, 2.24) is 5.06 Å². The molecule has 2 N–H and O–H groups in total.